The summed E-state index contributed by atoms with van der Waals surface area (Å²) in [6.07, 6.45) is 2.90. The summed E-state index contributed by atoms with van der Waals surface area (Å²) in [6.45, 7) is 3.16. The van der Waals surface area contributed by atoms with Gasteiger partial charge in [-0.05, 0) is 58.6 Å². The second-order valence-corrected chi connectivity index (χ2v) is 7.86. The highest BCUT2D eigenvalue weighted by molar-refractivity contribution is 9.10. The van der Waals surface area contributed by atoms with Crippen molar-refractivity contribution < 1.29 is 13.9 Å². The van der Waals surface area contributed by atoms with Crippen molar-refractivity contribution in [3.8, 4) is 17.3 Å². The third kappa shape index (κ3) is 3.53. The van der Waals surface area contributed by atoms with Gasteiger partial charge in [-0.3, -0.25) is 4.79 Å². The first-order valence-corrected chi connectivity index (χ1v) is 10.2. The van der Waals surface area contributed by atoms with E-state index in [0.29, 0.717) is 43.4 Å². The molecule has 1 saturated heterocycles. The second kappa shape index (κ2) is 7.94. The highest BCUT2D eigenvalue weighted by Crippen LogP contribution is 2.40. The van der Waals surface area contributed by atoms with E-state index in [1.54, 1.807) is 13.3 Å². The summed E-state index contributed by atoms with van der Waals surface area (Å²) < 4.78 is 11.9. The van der Waals surface area contributed by atoms with Gasteiger partial charge in [0.25, 0.3) is 5.89 Å². The fourth-order valence-electron chi connectivity index (χ4n) is 3.67. The topological polar surface area (TPSA) is 81.3 Å². The van der Waals surface area contributed by atoms with Crippen molar-refractivity contribution in [2.45, 2.75) is 31.7 Å². The van der Waals surface area contributed by atoms with Crippen LogP contribution in [-0.4, -0.2) is 39.6 Å². The number of aromatic nitrogens is 3. The number of benzene rings is 1. The molecule has 1 fully saturated rings. The van der Waals surface area contributed by atoms with Crippen LogP contribution in [0.25, 0.3) is 11.6 Å². The van der Waals surface area contributed by atoms with Crippen LogP contribution in [0.4, 0.5) is 0 Å². The molecule has 2 aromatic heterocycles. The molecule has 0 radical (unpaired) electrons. The number of pyridine rings is 1. The first-order chi connectivity index (χ1) is 14.1. The number of methoxy groups -OCH3 is 1. The van der Waals surface area contributed by atoms with Crippen molar-refractivity contribution in [1.82, 2.24) is 20.1 Å². The minimum atomic E-state index is -0.793. The summed E-state index contributed by atoms with van der Waals surface area (Å²) in [7, 11) is 1.64. The Hall–Kier alpha value is -2.74. The number of hydrogen-bond acceptors (Lipinski definition) is 6. The van der Waals surface area contributed by atoms with Crippen LogP contribution in [0.3, 0.4) is 0 Å². The zero-order valence-corrected chi connectivity index (χ0v) is 17.8. The summed E-state index contributed by atoms with van der Waals surface area (Å²) in [4.78, 5) is 19.5. The molecule has 1 aromatic carbocycles. The molecule has 4 rings (SSSR count). The standard InChI is InChI=1S/C21H21BrN4O3/c1-3-21(19-25-24-18(29-19)17-16(22)5-4-11-23-17)10-12-26(20(21)27)13-14-6-8-15(28-2)9-7-14/h4-9,11H,3,10,12-13H2,1-2H3. The van der Waals surface area contributed by atoms with Gasteiger partial charge in [0.1, 0.15) is 16.9 Å². The van der Waals surface area contributed by atoms with E-state index < -0.39 is 5.41 Å². The zero-order chi connectivity index (χ0) is 20.4. The fourth-order valence-corrected chi connectivity index (χ4v) is 4.10. The molecular formula is C21H21BrN4O3. The van der Waals surface area contributed by atoms with E-state index in [1.807, 2.05) is 48.2 Å². The number of amides is 1. The molecule has 0 N–H and O–H groups in total. The molecule has 150 valence electrons. The Balaban J connectivity index is 1.58. The number of nitrogens with zero attached hydrogens (tertiary/aromatic N) is 4. The Morgan fingerprint density at radius 1 is 1.24 bits per heavy atom. The Bertz CT molecular complexity index is 1020. The molecule has 0 saturated carbocycles. The molecule has 1 atom stereocenters. The second-order valence-electron chi connectivity index (χ2n) is 7.01. The third-order valence-corrected chi connectivity index (χ3v) is 6.08. The number of halogens is 1. The Morgan fingerprint density at radius 3 is 2.72 bits per heavy atom. The Labute approximate surface area is 177 Å². The molecule has 0 bridgehead atoms. The summed E-state index contributed by atoms with van der Waals surface area (Å²) >= 11 is 3.45. The van der Waals surface area contributed by atoms with Gasteiger partial charge in [-0.1, -0.05) is 19.1 Å². The van der Waals surface area contributed by atoms with Crippen molar-refractivity contribution >= 4 is 21.8 Å². The van der Waals surface area contributed by atoms with Gasteiger partial charge in [0.05, 0.1) is 7.11 Å². The molecule has 29 heavy (non-hydrogen) atoms. The maximum absolute atomic E-state index is 13.3. The number of rotatable bonds is 6. The van der Waals surface area contributed by atoms with Gasteiger partial charge in [0, 0.05) is 23.8 Å². The van der Waals surface area contributed by atoms with Crippen LogP contribution >= 0.6 is 15.9 Å². The molecule has 1 aliphatic heterocycles. The lowest BCUT2D eigenvalue weighted by molar-refractivity contribution is -0.133. The van der Waals surface area contributed by atoms with Crippen molar-refractivity contribution in [1.29, 1.82) is 0 Å². The van der Waals surface area contributed by atoms with E-state index in [1.165, 1.54) is 0 Å². The van der Waals surface area contributed by atoms with Crippen molar-refractivity contribution in [3.05, 3.63) is 58.5 Å². The summed E-state index contributed by atoms with van der Waals surface area (Å²) in [5.74, 6) is 1.48. The van der Waals surface area contributed by atoms with Crippen LogP contribution in [-0.2, 0) is 16.8 Å². The molecular weight excluding hydrogens is 436 g/mol. The molecule has 1 aliphatic rings. The molecule has 3 heterocycles. The summed E-state index contributed by atoms with van der Waals surface area (Å²) in [6, 6.07) is 11.4. The van der Waals surface area contributed by atoms with Crippen molar-refractivity contribution in [2.24, 2.45) is 0 Å². The number of ether oxygens (including phenoxy) is 1. The number of carbonyl (C=O) groups excluding carboxylic acids is 1. The maximum atomic E-state index is 13.3. The van der Waals surface area contributed by atoms with Gasteiger partial charge in [-0.25, -0.2) is 4.98 Å². The van der Waals surface area contributed by atoms with E-state index in [4.69, 9.17) is 9.15 Å². The SMILES string of the molecule is CCC1(c2nnc(-c3ncccc3Br)o2)CCN(Cc2ccc(OC)cc2)C1=O. The van der Waals surface area contributed by atoms with Crippen molar-refractivity contribution in [3.63, 3.8) is 0 Å². The molecule has 0 spiro atoms. The first-order valence-electron chi connectivity index (χ1n) is 9.44. The average molecular weight is 457 g/mol. The Morgan fingerprint density at radius 2 is 2.03 bits per heavy atom. The maximum Gasteiger partial charge on any atom is 0.267 e. The predicted octanol–water partition coefficient (Wildman–Crippen LogP) is 3.98. The molecule has 3 aromatic rings. The van der Waals surface area contributed by atoms with E-state index in [0.717, 1.165) is 15.8 Å². The monoisotopic (exact) mass is 456 g/mol. The largest absolute Gasteiger partial charge is 0.497 e. The van der Waals surface area contributed by atoms with Gasteiger partial charge in [0.15, 0.2) is 0 Å². The van der Waals surface area contributed by atoms with E-state index in [2.05, 4.69) is 31.1 Å². The van der Waals surface area contributed by atoms with E-state index in [9.17, 15) is 4.79 Å². The highest BCUT2D eigenvalue weighted by Gasteiger charge is 2.50. The predicted molar refractivity (Wildman–Crippen MR) is 110 cm³/mol. The van der Waals surface area contributed by atoms with Crippen LogP contribution in [0.15, 0.2) is 51.5 Å². The van der Waals surface area contributed by atoms with Crippen LogP contribution in [0.5, 0.6) is 5.75 Å². The van der Waals surface area contributed by atoms with Crippen LogP contribution < -0.4 is 4.74 Å². The van der Waals surface area contributed by atoms with Gasteiger partial charge in [0.2, 0.25) is 11.8 Å². The first kappa shape index (κ1) is 19.6. The van der Waals surface area contributed by atoms with Gasteiger partial charge >= 0.3 is 0 Å². The molecule has 0 aliphatic carbocycles. The average Bonchev–Trinajstić information content (AvgIpc) is 3.35. The minimum absolute atomic E-state index is 0.0195. The molecule has 1 amide bonds. The normalized spacial score (nSPS) is 19.0. The van der Waals surface area contributed by atoms with Crippen LogP contribution in [0.1, 0.15) is 31.2 Å². The third-order valence-electron chi connectivity index (χ3n) is 5.44. The van der Waals surface area contributed by atoms with Gasteiger partial charge in [-0.15, -0.1) is 10.2 Å². The van der Waals surface area contributed by atoms with E-state index in [-0.39, 0.29) is 5.91 Å². The lowest BCUT2D eigenvalue weighted by Crippen LogP contribution is -2.37. The van der Waals surface area contributed by atoms with Crippen LogP contribution in [0, 0.1) is 0 Å². The fraction of sp³-hybridized carbons (Fsp3) is 0.333. The highest BCUT2D eigenvalue weighted by atomic mass is 79.9. The lowest BCUT2D eigenvalue weighted by Gasteiger charge is -2.23. The quantitative estimate of drug-likeness (QED) is 0.557. The Kier molecular flexibility index (Phi) is 5.36. The molecule has 1 unspecified atom stereocenters. The zero-order valence-electron chi connectivity index (χ0n) is 16.3. The summed E-state index contributed by atoms with van der Waals surface area (Å²) in [5, 5.41) is 8.39. The number of carbonyl (C=O) groups is 1. The molecule has 7 nitrogen and oxygen atoms in total. The van der Waals surface area contributed by atoms with Crippen LogP contribution in [0.2, 0.25) is 0 Å². The van der Waals surface area contributed by atoms with E-state index >= 15 is 0 Å². The smallest absolute Gasteiger partial charge is 0.267 e. The van der Waals surface area contributed by atoms with Gasteiger partial charge in [-0.2, -0.15) is 0 Å². The lowest BCUT2D eigenvalue weighted by atomic mass is 9.83. The summed E-state index contributed by atoms with van der Waals surface area (Å²) in [5.41, 5.74) is 0.826. The number of likely N-dealkylation sites (tertiary alicyclic amines) is 1. The van der Waals surface area contributed by atoms with Crippen molar-refractivity contribution in [2.75, 3.05) is 13.7 Å². The number of hydrogen-bond donors (Lipinski definition) is 0. The minimum Gasteiger partial charge on any atom is -0.497 e. The van der Waals surface area contributed by atoms with Gasteiger partial charge < -0.3 is 14.1 Å². The molecule has 8 heteroatoms.